The monoisotopic (exact) mass is 381 g/mol. The van der Waals surface area contributed by atoms with Crippen LogP contribution in [0.1, 0.15) is 29.3 Å². The first-order valence-corrected chi connectivity index (χ1v) is 8.89. The Bertz CT molecular complexity index is 828. The zero-order valence-electron chi connectivity index (χ0n) is 15.8. The van der Waals surface area contributed by atoms with Crippen molar-refractivity contribution in [3.05, 3.63) is 77.9 Å². The van der Waals surface area contributed by atoms with E-state index in [2.05, 4.69) is 11.9 Å². The maximum Gasteiger partial charge on any atom is 0.333 e. The van der Waals surface area contributed by atoms with Gasteiger partial charge < -0.3 is 14.8 Å². The van der Waals surface area contributed by atoms with Crippen molar-refractivity contribution in [2.75, 3.05) is 19.8 Å². The Morgan fingerprint density at radius 1 is 0.929 bits per heavy atom. The summed E-state index contributed by atoms with van der Waals surface area (Å²) in [6, 6.07) is 15.8. The third kappa shape index (κ3) is 6.72. The van der Waals surface area contributed by atoms with Crippen molar-refractivity contribution in [2.24, 2.45) is 0 Å². The van der Waals surface area contributed by atoms with Gasteiger partial charge in [-0.2, -0.15) is 0 Å². The average Bonchev–Trinajstić information content (AvgIpc) is 2.71. The van der Waals surface area contributed by atoms with E-state index in [1.807, 2.05) is 18.2 Å². The molecule has 0 aliphatic rings. The number of carbonyl (C=O) groups excluding carboxylic acids is 3. The molecule has 2 aromatic carbocycles. The van der Waals surface area contributed by atoms with Crippen LogP contribution >= 0.6 is 0 Å². The first-order chi connectivity index (χ1) is 13.5. The third-order valence-electron chi connectivity index (χ3n) is 3.76. The minimum Gasteiger partial charge on any atom is -0.493 e. The fourth-order valence-corrected chi connectivity index (χ4v) is 2.27. The number of benzene rings is 2. The first-order valence-electron chi connectivity index (χ1n) is 8.89. The highest BCUT2D eigenvalue weighted by Crippen LogP contribution is 2.15. The number of hydrogen-bond donors (Lipinski definition) is 1. The number of amides is 1. The summed E-state index contributed by atoms with van der Waals surface area (Å²) in [5, 5.41) is 2.63. The number of nitrogens with one attached hydrogen (secondary N) is 1. The van der Waals surface area contributed by atoms with Gasteiger partial charge in [-0.1, -0.05) is 36.9 Å². The molecule has 0 heterocycles. The van der Waals surface area contributed by atoms with Crippen molar-refractivity contribution in [2.45, 2.75) is 13.3 Å². The van der Waals surface area contributed by atoms with E-state index in [-0.39, 0.29) is 37.9 Å². The summed E-state index contributed by atoms with van der Waals surface area (Å²) in [5.74, 6) is -0.166. The van der Waals surface area contributed by atoms with Crippen LogP contribution in [0.5, 0.6) is 5.75 Å². The molecular formula is C22H23NO5. The number of ether oxygens (including phenoxy) is 2. The summed E-state index contributed by atoms with van der Waals surface area (Å²) >= 11 is 0. The van der Waals surface area contributed by atoms with Gasteiger partial charge in [-0.25, -0.2) is 4.79 Å². The molecular weight excluding hydrogens is 358 g/mol. The molecule has 0 radical (unpaired) electrons. The molecule has 0 atom stereocenters. The van der Waals surface area contributed by atoms with Crippen molar-refractivity contribution < 1.29 is 23.9 Å². The number of esters is 1. The molecule has 1 amide bonds. The summed E-state index contributed by atoms with van der Waals surface area (Å²) in [6.45, 7) is 5.55. The molecule has 0 aliphatic carbocycles. The Hall–Kier alpha value is -3.41. The minimum absolute atomic E-state index is 0.0566. The second kappa shape index (κ2) is 10.7. The summed E-state index contributed by atoms with van der Waals surface area (Å²) in [6.07, 6.45) is 0.166. The van der Waals surface area contributed by atoms with E-state index in [9.17, 15) is 14.4 Å². The van der Waals surface area contributed by atoms with Gasteiger partial charge in [-0.15, -0.1) is 0 Å². The zero-order chi connectivity index (χ0) is 20.4. The van der Waals surface area contributed by atoms with E-state index < -0.39 is 5.97 Å². The predicted molar refractivity (Wildman–Crippen MR) is 105 cm³/mol. The normalized spacial score (nSPS) is 10.0. The van der Waals surface area contributed by atoms with Crippen LogP contribution in [0.2, 0.25) is 0 Å². The Kier molecular flexibility index (Phi) is 7.96. The van der Waals surface area contributed by atoms with Gasteiger partial charge in [0.15, 0.2) is 5.78 Å². The summed E-state index contributed by atoms with van der Waals surface area (Å²) < 4.78 is 10.4. The zero-order valence-corrected chi connectivity index (χ0v) is 15.8. The molecule has 6 nitrogen and oxygen atoms in total. The van der Waals surface area contributed by atoms with Gasteiger partial charge >= 0.3 is 5.97 Å². The topological polar surface area (TPSA) is 81.7 Å². The van der Waals surface area contributed by atoms with Crippen LogP contribution in [-0.4, -0.2) is 37.4 Å². The van der Waals surface area contributed by atoms with Crippen LogP contribution in [0.3, 0.4) is 0 Å². The Morgan fingerprint density at radius 2 is 1.57 bits per heavy atom. The van der Waals surface area contributed by atoms with Crippen LogP contribution in [-0.2, 0) is 14.3 Å². The molecule has 0 unspecified atom stereocenters. The lowest BCUT2D eigenvalue weighted by molar-refractivity contribution is -0.139. The van der Waals surface area contributed by atoms with E-state index in [1.165, 1.54) is 0 Å². The number of carbonyl (C=O) groups is 3. The van der Waals surface area contributed by atoms with E-state index in [4.69, 9.17) is 9.47 Å². The van der Waals surface area contributed by atoms with Crippen molar-refractivity contribution in [3.8, 4) is 5.75 Å². The van der Waals surface area contributed by atoms with Crippen LogP contribution in [0.4, 0.5) is 0 Å². The molecule has 0 aliphatic heterocycles. The molecule has 6 heteroatoms. The van der Waals surface area contributed by atoms with Gasteiger partial charge in [0.2, 0.25) is 5.91 Å². The minimum atomic E-state index is -0.480. The Balaban J connectivity index is 1.69. The number of rotatable bonds is 10. The third-order valence-corrected chi connectivity index (χ3v) is 3.76. The van der Waals surface area contributed by atoms with Crippen LogP contribution in [0, 0.1) is 0 Å². The molecule has 28 heavy (non-hydrogen) atoms. The molecule has 146 valence electrons. The van der Waals surface area contributed by atoms with Crippen LogP contribution in [0.15, 0.2) is 66.7 Å². The smallest absolute Gasteiger partial charge is 0.333 e. The van der Waals surface area contributed by atoms with Gasteiger partial charge in [0.25, 0.3) is 0 Å². The largest absolute Gasteiger partial charge is 0.493 e. The molecule has 0 spiro atoms. The lowest BCUT2D eigenvalue weighted by atomic mass is 10.0. The highest BCUT2D eigenvalue weighted by Gasteiger charge is 2.09. The number of hydrogen-bond acceptors (Lipinski definition) is 5. The predicted octanol–water partition coefficient (Wildman–Crippen LogP) is 2.92. The molecule has 1 N–H and O–H groups in total. The highest BCUT2D eigenvalue weighted by molar-refractivity contribution is 6.08. The molecule has 0 bridgehead atoms. The van der Waals surface area contributed by atoms with Crippen molar-refractivity contribution in [1.82, 2.24) is 5.32 Å². The molecule has 0 saturated heterocycles. The second-order valence-corrected chi connectivity index (χ2v) is 6.08. The number of ketones is 1. The highest BCUT2D eigenvalue weighted by atomic mass is 16.5. The molecule has 0 aromatic heterocycles. The van der Waals surface area contributed by atoms with Crippen molar-refractivity contribution >= 4 is 17.7 Å². The fraction of sp³-hybridized carbons (Fsp3) is 0.227. The summed E-state index contributed by atoms with van der Waals surface area (Å²) in [5.41, 5.74) is 1.51. The van der Waals surface area contributed by atoms with Crippen LogP contribution < -0.4 is 10.1 Å². The Labute approximate surface area is 164 Å². The van der Waals surface area contributed by atoms with Gasteiger partial charge in [0.05, 0.1) is 19.6 Å². The van der Waals surface area contributed by atoms with Gasteiger partial charge in [0.1, 0.15) is 12.4 Å². The quantitative estimate of drug-likeness (QED) is 0.296. The summed E-state index contributed by atoms with van der Waals surface area (Å²) in [7, 11) is 0. The standard InChI is InChI=1S/C22H23NO5/c1-16(2)22(26)28-15-13-23-20(24)12-14-27-19-10-8-18(9-11-19)21(25)17-6-4-3-5-7-17/h3-11H,1,12-15H2,2H3,(H,23,24). The van der Waals surface area contributed by atoms with E-state index >= 15 is 0 Å². The Morgan fingerprint density at radius 3 is 2.21 bits per heavy atom. The van der Waals surface area contributed by atoms with E-state index in [1.54, 1.807) is 43.3 Å². The van der Waals surface area contributed by atoms with E-state index in [0.717, 1.165) is 0 Å². The molecule has 2 rings (SSSR count). The maximum absolute atomic E-state index is 12.3. The van der Waals surface area contributed by atoms with Gasteiger partial charge in [-0.3, -0.25) is 9.59 Å². The van der Waals surface area contributed by atoms with Crippen molar-refractivity contribution in [1.29, 1.82) is 0 Å². The SMILES string of the molecule is C=C(C)C(=O)OCCNC(=O)CCOc1ccc(C(=O)c2ccccc2)cc1. The van der Waals surface area contributed by atoms with Crippen LogP contribution in [0.25, 0.3) is 0 Å². The average molecular weight is 381 g/mol. The fourth-order valence-electron chi connectivity index (χ4n) is 2.27. The lowest BCUT2D eigenvalue weighted by Crippen LogP contribution is -2.29. The van der Waals surface area contributed by atoms with Gasteiger partial charge in [0, 0.05) is 16.7 Å². The first kappa shape index (κ1) is 20.9. The molecule has 2 aromatic rings. The molecule has 0 fully saturated rings. The van der Waals surface area contributed by atoms with Crippen molar-refractivity contribution in [3.63, 3.8) is 0 Å². The van der Waals surface area contributed by atoms with Gasteiger partial charge in [-0.05, 0) is 31.2 Å². The molecule has 0 saturated carbocycles. The lowest BCUT2D eigenvalue weighted by Gasteiger charge is -2.08. The summed E-state index contributed by atoms with van der Waals surface area (Å²) in [4.78, 5) is 35.2. The maximum atomic E-state index is 12.3. The second-order valence-electron chi connectivity index (χ2n) is 6.08. The van der Waals surface area contributed by atoms with E-state index in [0.29, 0.717) is 22.4 Å².